The van der Waals surface area contributed by atoms with Gasteiger partial charge in [0.2, 0.25) is 0 Å². The van der Waals surface area contributed by atoms with Gasteiger partial charge in [0, 0.05) is 32.7 Å². The Morgan fingerprint density at radius 2 is 0.491 bits per heavy atom. The highest BCUT2D eigenvalue weighted by Crippen LogP contribution is 2.51. The Balaban J connectivity index is 0.00000534. The predicted molar refractivity (Wildman–Crippen MR) is 493 cm³/mol. The van der Waals surface area contributed by atoms with Gasteiger partial charge in [0.05, 0.1) is 28.8 Å². The second kappa shape index (κ2) is 56.0. The number of ether oxygens (including phenoxy) is 2. The molecule has 9 rings (SSSR count). The Morgan fingerprint density at radius 3 is 0.763 bits per heavy atom. The van der Waals surface area contributed by atoms with Gasteiger partial charge in [0.25, 0.3) is 0 Å². The first-order chi connectivity index (χ1) is 56.2. The number of hydrogen-bond donors (Lipinski definition) is 4. The highest BCUT2D eigenvalue weighted by molar-refractivity contribution is 9.10. The Bertz CT molecular complexity index is 4030. The van der Waals surface area contributed by atoms with Gasteiger partial charge in [-0.3, -0.25) is 0 Å². The Morgan fingerprint density at radius 1 is 0.272 bits per heavy atom. The first-order valence-corrected chi connectivity index (χ1v) is 49.3. The summed E-state index contributed by atoms with van der Waals surface area (Å²) in [6.45, 7) is 19.5. The van der Waals surface area contributed by atoms with Crippen molar-refractivity contribution in [2.24, 2.45) is 0 Å². The van der Waals surface area contributed by atoms with E-state index < -0.39 is 10.0 Å². The van der Waals surface area contributed by atoms with E-state index in [4.69, 9.17) is 49.0 Å². The van der Waals surface area contributed by atoms with E-state index in [-0.39, 0.29) is 0 Å². The normalized spacial score (nSPS) is 11.9. The smallest absolute Gasteiger partial charge is 0.427 e. The number of aryl methyl sites for hydroxylation is 6. The average molecular weight is 1640 g/mol. The molecule has 2 aliphatic heterocycles. The quantitative estimate of drug-likeness (QED) is 0.0213. The SMILES string of the molecule is CCCCCCCCCCc1ccc(CCCCCCCCCC)c2c1-c1nc-2nc2[nH]c(nc3nc(nc4[nH]c(n1)c1c(CCCCCCCCCC)ccc(CCCCCCCCCC)c41)-c1c(OCCCC)cc(Br)c(OCCCC)c1-3)c1c(CCCCCCCCCC)ccc(CCCCCCCCCC)c21.O[Si]O. The lowest BCUT2D eigenvalue weighted by Gasteiger charge is -2.16. The van der Waals surface area contributed by atoms with Crippen LogP contribution in [-0.4, -0.2) is 72.7 Å². The lowest BCUT2D eigenvalue weighted by Crippen LogP contribution is -2.03. The number of hydrogen-bond acceptors (Lipinski definition) is 10. The van der Waals surface area contributed by atoms with Crippen LogP contribution in [0.5, 0.6) is 11.5 Å². The summed E-state index contributed by atoms with van der Waals surface area (Å²) in [5.41, 5.74) is 15.2. The molecule has 0 fully saturated rings. The summed E-state index contributed by atoms with van der Waals surface area (Å²) in [5, 5.41) is 4.65. The second-order valence-corrected chi connectivity index (χ2v) is 34.9. The zero-order valence-corrected chi connectivity index (χ0v) is 75.8. The van der Waals surface area contributed by atoms with Gasteiger partial charge < -0.3 is 29.0 Å². The van der Waals surface area contributed by atoms with Gasteiger partial charge in [-0.25, -0.2) is 29.9 Å². The maximum Gasteiger partial charge on any atom is 0.427 e. The number of aromatic nitrogens is 8. The Labute approximate surface area is 702 Å². The lowest BCUT2D eigenvalue weighted by molar-refractivity contribution is 0.301. The fourth-order valence-corrected chi connectivity index (χ4v) is 18.1. The van der Waals surface area contributed by atoms with Crippen molar-refractivity contribution in [1.82, 2.24) is 39.9 Å². The van der Waals surface area contributed by atoms with Crippen LogP contribution in [-0.2, 0) is 38.5 Å². The van der Waals surface area contributed by atoms with E-state index >= 15 is 0 Å². The van der Waals surface area contributed by atoms with Crippen LogP contribution in [0, 0.1) is 0 Å². The number of unbranched alkanes of at least 4 members (excludes halogenated alkanes) is 44. The molecule has 2 aliphatic rings. The van der Waals surface area contributed by atoms with Crippen molar-refractivity contribution in [3.05, 3.63) is 80.3 Å². The van der Waals surface area contributed by atoms with Crippen LogP contribution in [0.2, 0.25) is 0 Å². The number of fused-ring (bicyclic) bond motifs is 20. The number of rotatable bonds is 62. The number of H-pyrrole nitrogens is 2. The molecule has 630 valence electrons. The first kappa shape index (κ1) is 93.9. The summed E-state index contributed by atoms with van der Waals surface area (Å²) in [4.78, 5) is 58.7. The fourth-order valence-electron chi connectivity index (χ4n) is 17.5. The lowest BCUT2D eigenvalue weighted by atomic mass is 9.91. The zero-order chi connectivity index (χ0) is 80.6. The maximum absolute atomic E-state index is 7.15. The van der Waals surface area contributed by atoms with Crippen LogP contribution in [0.15, 0.2) is 46.9 Å². The molecule has 12 nitrogen and oxygen atoms in total. The second-order valence-electron chi connectivity index (χ2n) is 33.8. The van der Waals surface area contributed by atoms with Gasteiger partial charge in [-0.15, -0.1) is 0 Å². The van der Waals surface area contributed by atoms with Gasteiger partial charge in [0.15, 0.2) is 23.3 Å². The largest absolute Gasteiger partial charge is 0.493 e. The molecule has 114 heavy (non-hydrogen) atoms. The third-order valence-corrected chi connectivity index (χ3v) is 24.8. The molecule has 4 N–H and O–H groups in total. The molecule has 0 saturated carbocycles. The van der Waals surface area contributed by atoms with Crippen molar-refractivity contribution in [1.29, 1.82) is 0 Å². The van der Waals surface area contributed by atoms with E-state index in [1.807, 2.05) is 0 Å². The molecule has 0 amide bonds. The number of nitrogens with one attached hydrogen (secondary N) is 2. The van der Waals surface area contributed by atoms with Crippen molar-refractivity contribution in [3.63, 3.8) is 0 Å². The monoisotopic (exact) mass is 1640 g/mol. The van der Waals surface area contributed by atoms with Crippen molar-refractivity contribution >= 4 is 70.1 Å². The molecule has 3 aromatic heterocycles. The summed E-state index contributed by atoms with van der Waals surface area (Å²) >= 11 is 4.13. The molecular weight excluding hydrogens is 1490 g/mol. The standard InChI is InChI=1S/C100H153BrN8O2.H2O2Si/c1-9-17-25-31-37-43-49-55-61-76-67-68-77(62-56-50-44-38-32-26-18-10-2)85-84(76)93-102-94(85)104-96-87-79(64-58-52-46-40-34-28-20-12-4)70-72-81(66-60-54-48-42-36-30-22-14-6)89(87)98(106-96)108-100-91-90(83(110-73-23-15-7)75-82(101)92(91)111-74-24-16-8)99(109-100)107-97-88-80(65-59-53-47-41-35-29-21-13-5)71-69-78(86(88)95(103-93)105-97)63-57-51-45-39-33-27-19-11-3;1-3-2/h67-72,75H,9-66,73-74H2,1-8H3,(H2,102,103,104,105,106,107,108,109);1-2H. The van der Waals surface area contributed by atoms with Crippen LogP contribution < -0.4 is 9.47 Å². The Kier molecular flexibility index (Phi) is 46.2. The number of aromatic amines is 2. The van der Waals surface area contributed by atoms with Gasteiger partial charge in [0.1, 0.15) is 34.1 Å². The molecule has 14 heteroatoms. The Hall–Kier alpha value is -5.54. The van der Waals surface area contributed by atoms with Crippen molar-refractivity contribution in [2.45, 2.75) is 428 Å². The molecule has 0 unspecified atom stereocenters. The summed E-state index contributed by atoms with van der Waals surface area (Å²) in [6.07, 6.45) is 70.5. The minimum Gasteiger partial charge on any atom is -0.493 e. The molecule has 8 bridgehead atoms. The summed E-state index contributed by atoms with van der Waals surface area (Å²) in [6, 6.07) is 17.0. The number of benzene rings is 4. The minimum atomic E-state index is -0.917. The van der Waals surface area contributed by atoms with Crippen LogP contribution in [0.3, 0.4) is 0 Å². The minimum absolute atomic E-state index is 0.552. The molecule has 0 atom stereocenters. The van der Waals surface area contributed by atoms with Crippen molar-refractivity contribution < 1.29 is 19.1 Å². The molecule has 4 aromatic carbocycles. The van der Waals surface area contributed by atoms with Crippen LogP contribution in [0.25, 0.3) is 89.7 Å². The number of halogens is 1. The third-order valence-electron chi connectivity index (χ3n) is 24.2. The van der Waals surface area contributed by atoms with E-state index in [9.17, 15) is 0 Å². The van der Waals surface area contributed by atoms with E-state index in [0.717, 1.165) is 175 Å². The molecule has 0 aliphatic carbocycles. The summed E-state index contributed by atoms with van der Waals surface area (Å²) in [5.74, 6) is 4.13. The molecule has 7 aromatic rings. The van der Waals surface area contributed by atoms with E-state index in [2.05, 4.69) is 124 Å². The number of nitrogens with zero attached hydrogens (tertiary/aromatic N) is 6. The molecule has 2 radical (unpaired) electrons. The topological polar surface area (TPSA) is 168 Å². The van der Waals surface area contributed by atoms with Crippen LogP contribution >= 0.6 is 15.9 Å². The first-order valence-electron chi connectivity index (χ1n) is 47.6. The third kappa shape index (κ3) is 29.8. The van der Waals surface area contributed by atoms with E-state index in [1.54, 1.807) is 0 Å². The summed E-state index contributed by atoms with van der Waals surface area (Å²) < 4.78 is 15.0. The predicted octanol–water partition coefficient (Wildman–Crippen LogP) is 30.6. The molecular formula is C100H155BrN8O4Si. The highest BCUT2D eigenvalue weighted by atomic mass is 79.9. The van der Waals surface area contributed by atoms with Gasteiger partial charge in [-0.2, -0.15) is 0 Å². The van der Waals surface area contributed by atoms with E-state index in [0.29, 0.717) is 24.9 Å². The van der Waals surface area contributed by atoms with Crippen LogP contribution in [0.1, 0.15) is 423 Å². The molecule has 0 saturated heterocycles. The van der Waals surface area contributed by atoms with E-state index in [1.165, 1.54) is 325 Å². The summed E-state index contributed by atoms with van der Waals surface area (Å²) in [7, 11) is -0.917. The van der Waals surface area contributed by atoms with Crippen molar-refractivity contribution in [2.75, 3.05) is 13.2 Å². The van der Waals surface area contributed by atoms with Crippen molar-refractivity contribution in [3.8, 4) is 57.1 Å². The van der Waals surface area contributed by atoms with Gasteiger partial charge in [-0.1, -0.05) is 374 Å². The average Bonchev–Trinajstić information content (AvgIpc) is 1.58. The van der Waals surface area contributed by atoms with Gasteiger partial charge >= 0.3 is 10.0 Å². The highest BCUT2D eigenvalue weighted by Gasteiger charge is 2.33. The molecule has 5 heterocycles. The maximum atomic E-state index is 7.15. The molecule has 0 spiro atoms. The van der Waals surface area contributed by atoms with Gasteiger partial charge in [-0.05, 0) is 145 Å². The fraction of sp³-hybridized carbons (Fsp3) is 0.680. The zero-order valence-electron chi connectivity index (χ0n) is 73.2. The van der Waals surface area contributed by atoms with Crippen LogP contribution in [0.4, 0.5) is 0 Å².